The zero-order valence-electron chi connectivity index (χ0n) is 11.5. The molecule has 2 aromatic rings. The second-order valence-electron chi connectivity index (χ2n) is 5.04. The van der Waals surface area contributed by atoms with Crippen LogP contribution in [0.5, 0.6) is 0 Å². The summed E-state index contributed by atoms with van der Waals surface area (Å²) in [7, 11) is 2.09. The molecular weight excluding hydrogens is 313 g/mol. The summed E-state index contributed by atoms with van der Waals surface area (Å²) in [5, 5.41) is 4.87. The van der Waals surface area contributed by atoms with Crippen molar-refractivity contribution in [3.8, 4) is 11.5 Å². The molecule has 0 saturated carbocycles. The quantitative estimate of drug-likeness (QED) is 0.854. The Morgan fingerprint density at radius 3 is 2.62 bits per heavy atom. The average Bonchev–Trinajstić information content (AvgIpc) is 2.93. The summed E-state index contributed by atoms with van der Waals surface area (Å²) in [6.45, 7) is 3.66. The Hall–Kier alpha value is -1.50. The predicted molar refractivity (Wildman–Crippen MR) is 83.9 cm³/mol. The zero-order valence-corrected chi connectivity index (χ0v) is 13.0. The van der Waals surface area contributed by atoms with Crippen molar-refractivity contribution < 1.29 is 4.52 Å². The molecule has 6 nitrogen and oxygen atoms in total. The molecule has 21 heavy (non-hydrogen) atoms. The molecule has 0 radical (unpaired) electrons. The monoisotopic (exact) mass is 327 g/mol. The van der Waals surface area contributed by atoms with Gasteiger partial charge in [0.15, 0.2) is 0 Å². The molecule has 3 rings (SSSR count). The van der Waals surface area contributed by atoms with Crippen LogP contribution in [0.1, 0.15) is 0 Å². The van der Waals surface area contributed by atoms with E-state index in [1.807, 2.05) is 0 Å². The molecule has 112 valence electrons. The Morgan fingerprint density at radius 1 is 1.19 bits per heavy atom. The number of nitrogen functional groups attached to an aromatic ring is 1. The molecule has 1 fully saturated rings. The first kappa shape index (κ1) is 14.4. The second-order valence-corrected chi connectivity index (χ2v) is 5.88. The lowest BCUT2D eigenvalue weighted by atomic mass is 10.2. The maximum Gasteiger partial charge on any atom is 0.266 e. The molecule has 0 aliphatic carbocycles. The van der Waals surface area contributed by atoms with E-state index in [1.54, 1.807) is 12.1 Å². The highest BCUT2D eigenvalue weighted by atomic mass is 35.5. The number of nitrogens with two attached hydrogens (primary N) is 1. The number of benzene rings is 1. The van der Waals surface area contributed by atoms with Gasteiger partial charge in [0, 0.05) is 31.2 Å². The summed E-state index contributed by atoms with van der Waals surface area (Å²) in [6, 6.07) is 3.25. The lowest BCUT2D eigenvalue weighted by Gasteiger charge is -2.31. The van der Waals surface area contributed by atoms with Crippen LogP contribution in [0.4, 0.5) is 11.6 Å². The molecular formula is C13H15Cl2N5O. The van der Waals surface area contributed by atoms with Crippen molar-refractivity contribution in [3.05, 3.63) is 22.2 Å². The zero-order chi connectivity index (χ0) is 15.0. The SMILES string of the molecule is CN1CCN(c2noc(-c3cc(Cl)cc(Cl)c3N)n2)CC1. The third kappa shape index (κ3) is 2.92. The summed E-state index contributed by atoms with van der Waals surface area (Å²) < 4.78 is 5.31. The van der Waals surface area contributed by atoms with Crippen molar-refractivity contribution in [2.75, 3.05) is 43.9 Å². The van der Waals surface area contributed by atoms with Crippen LogP contribution in [0.3, 0.4) is 0 Å². The largest absolute Gasteiger partial charge is 0.397 e. The fourth-order valence-electron chi connectivity index (χ4n) is 2.22. The number of anilines is 2. The highest BCUT2D eigenvalue weighted by Gasteiger charge is 2.21. The van der Waals surface area contributed by atoms with Crippen LogP contribution in [0.2, 0.25) is 10.0 Å². The Bertz CT molecular complexity index is 652. The van der Waals surface area contributed by atoms with Gasteiger partial charge in [-0.2, -0.15) is 4.98 Å². The second kappa shape index (κ2) is 5.71. The first-order chi connectivity index (χ1) is 10.0. The van der Waals surface area contributed by atoms with E-state index in [9.17, 15) is 0 Å². The van der Waals surface area contributed by atoms with Crippen LogP contribution in [-0.4, -0.2) is 48.3 Å². The van der Waals surface area contributed by atoms with E-state index in [1.165, 1.54) is 0 Å². The molecule has 1 saturated heterocycles. The first-order valence-electron chi connectivity index (χ1n) is 6.56. The summed E-state index contributed by atoms with van der Waals surface area (Å²) in [5.41, 5.74) is 6.89. The Balaban J connectivity index is 1.88. The highest BCUT2D eigenvalue weighted by molar-refractivity contribution is 6.37. The van der Waals surface area contributed by atoms with Crippen molar-refractivity contribution in [3.63, 3.8) is 0 Å². The molecule has 1 aromatic heterocycles. The first-order valence-corrected chi connectivity index (χ1v) is 7.32. The minimum atomic E-state index is 0.325. The normalized spacial score (nSPS) is 16.4. The molecule has 2 heterocycles. The van der Waals surface area contributed by atoms with Gasteiger partial charge in [-0.3, -0.25) is 0 Å². The fraction of sp³-hybridized carbons (Fsp3) is 0.385. The number of rotatable bonds is 2. The van der Waals surface area contributed by atoms with Gasteiger partial charge in [0.2, 0.25) is 0 Å². The minimum Gasteiger partial charge on any atom is -0.397 e. The number of nitrogens with zero attached hydrogens (tertiary/aromatic N) is 4. The highest BCUT2D eigenvalue weighted by Crippen LogP contribution is 2.34. The van der Waals surface area contributed by atoms with Crippen LogP contribution >= 0.6 is 23.2 Å². The van der Waals surface area contributed by atoms with Crippen molar-refractivity contribution in [1.29, 1.82) is 0 Å². The van der Waals surface area contributed by atoms with Gasteiger partial charge in [0.25, 0.3) is 11.8 Å². The van der Waals surface area contributed by atoms with Crippen LogP contribution in [0.25, 0.3) is 11.5 Å². The van der Waals surface area contributed by atoms with Gasteiger partial charge in [-0.15, -0.1) is 0 Å². The molecule has 0 bridgehead atoms. The van der Waals surface area contributed by atoms with E-state index in [0.717, 1.165) is 26.2 Å². The van der Waals surface area contributed by atoms with E-state index < -0.39 is 0 Å². The third-order valence-electron chi connectivity index (χ3n) is 3.53. The summed E-state index contributed by atoms with van der Waals surface area (Å²) in [6.07, 6.45) is 0. The van der Waals surface area contributed by atoms with Crippen LogP contribution in [-0.2, 0) is 0 Å². The van der Waals surface area contributed by atoms with Gasteiger partial charge in [0.05, 0.1) is 16.3 Å². The predicted octanol–water partition coefficient (Wildman–Crippen LogP) is 2.38. The van der Waals surface area contributed by atoms with Crippen molar-refractivity contribution in [1.82, 2.24) is 15.0 Å². The number of piperazine rings is 1. The van der Waals surface area contributed by atoms with Gasteiger partial charge >= 0.3 is 0 Å². The van der Waals surface area contributed by atoms with Gasteiger partial charge in [-0.25, -0.2) is 0 Å². The number of hydrogen-bond acceptors (Lipinski definition) is 6. The summed E-state index contributed by atoms with van der Waals surface area (Å²) in [5.74, 6) is 0.888. The maximum absolute atomic E-state index is 6.03. The van der Waals surface area contributed by atoms with Gasteiger partial charge in [-0.1, -0.05) is 23.2 Å². The van der Waals surface area contributed by atoms with Crippen molar-refractivity contribution in [2.45, 2.75) is 0 Å². The maximum atomic E-state index is 6.03. The molecule has 8 heteroatoms. The lowest BCUT2D eigenvalue weighted by molar-refractivity contribution is 0.309. The average molecular weight is 328 g/mol. The fourth-order valence-corrected chi connectivity index (χ4v) is 2.72. The minimum absolute atomic E-state index is 0.325. The van der Waals surface area contributed by atoms with Crippen LogP contribution in [0.15, 0.2) is 16.7 Å². The topological polar surface area (TPSA) is 71.4 Å². The van der Waals surface area contributed by atoms with Gasteiger partial charge in [-0.05, 0) is 24.3 Å². The van der Waals surface area contributed by atoms with Crippen LogP contribution < -0.4 is 10.6 Å². The third-order valence-corrected chi connectivity index (χ3v) is 4.06. The van der Waals surface area contributed by atoms with Gasteiger partial charge in [0.1, 0.15) is 0 Å². The number of aromatic nitrogens is 2. The number of hydrogen-bond donors (Lipinski definition) is 1. The molecule has 0 spiro atoms. The molecule has 1 aliphatic rings. The van der Waals surface area contributed by atoms with Gasteiger partial charge < -0.3 is 20.1 Å². The van der Waals surface area contributed by atoms with Crippen molar-refractivity contribution >= 4 is 34.8 Å². The van der Waals surface area contributed by atoms with E-state index in [-0.39, 0.29) is 0 Å². The molecule has 0 atom stereocenters. The van der Waals surface area contributed by atoms with Crippen molar-refractivity contribution in [2.24, 2.45) is 0 Å². The van der Waals surface area contributed by atoms with E-state index in [4.69, 9.17) is 33.5 Å². The Labute approximate surface area is 132 Å². The summed E-state index contributed by atoms with van der Waals surface area (Å²) >= 11 is 12.0. The van der Waals surface area contributed by atoms with Crippen LogP contribution in [0, 0.1) is 0 Å². The molecule has 0 unspecified atom stereocenters. The Kier molecular flexibility index (Phi) is 3.93. The molecule has 0 amide bonds. The standard InChI is InChI=1S/C13H15Cl2N5O/c1-19-2-4-20(5-3-19)13-17-12(21-18-13)9-6-8(14)7-10(15)11(9)16/h6-7H,2-5,16H2,1H3. The van der Waals surface area contributed by atoms with E-state index in [0.29, 0.717) is 33.1 Å². The molecule has 1 aromatic carbocycles. The lowest BCUT2D eigenvalue weighted by Crippen LogP contribution is -2.44. The van der Waals surface area contributed by atoms with E-state index in [2.05, 4.69) is 27.0 Å². The summed E-state index contributed by atoms with van der Waals surface area (Å²) in [4.78, 5) is 8.74. The smallest absolute Gasteiger partial charge is 0.266 e. The number of likely N-dealkylation sites (N-methyl/N-ethyl adjacent to an activating group) is 1. The van der Waals surface area contributed by atoms with E-state index >= 15 is 0 Å². The Morgan fingerprint density at radius 2 is 1.90 bits per heavy atom. The molecule has 1 aliphatic heterocycles. The molecule has 2 N–H and O–H groups in total. The number of halogens is 2.